The van der Waals surface area contributed by atoms with E-state index in [0.717, 1.165) is 34.7 Å². The van der Waals surface area contributed by atoms with E-state index in [9.17, 15) is 5.11 Å². The Morgan fingerprint density at radius 1 is 1.38 bits per heavy atom. The van der Waals surface area contributed by atoms with Crippen molar-refractivity contribution in [3.05, 3.63) is 27.8 Å². The number of hydrogen-bond donors (Lipinski definition) is 2. The predicted octanol–water partition coefficient (Wildman–Crippen LogP) is 3.48. The van der Waals surface area contributed by atoms with Gasteiger partial charge in [-0.25, -0.2) is 0 Å². The van der Waals surface area contributed by atoms with E-state index in [1.165, 1.54) is 12.8 Å². The molecule has 1 atom stereocenters. The van der Waals surface area contributed by atoms with Crippen LogP contribution in [0, 0.1) is 13.8 Å². The molecule has 0 saturated carbocycles. The summed E-state index contributed by atoms with van der Waals surface area (Å²) in [5.41, 5.74) is 2.85. The van der Waals surface area contributed by atoms with Crippen LogP contribution in [0.5, 0.6) is 5.75 Å². The molecular weight excluding hydrogens is 222 g/mol. The number of phenolic OH excluding ortho intramolecular Hbond substituents is 1. The maximum atomic E-state index is 10.2. The van der Waals surface area contributed by atoms with Gasteiger partial charge in [-0.05, 0) is 50.4 Å². The molecule has 0 radical (unpaired) electrons. The van der Waals surface area contributed by atoms with Crippen LogP contribution in [0.25, 0.3) is 0 Å². The van der Waals surface area contributed by atoms with E-state index in [2.05, 4.69) is 5.32 Å². The second-order valence-electron chi connectivity index (χ2n) is 4.57. The van der Waals surface area contributed by atoms with Crippen molar-refractivity contribution < 1.29 is 5.11 Å². The molecule has 0 aromatic heterocycles. The maximum absolute atomic E-state index is 10.2. The summed E-state index contributed by atoms with van der Waals surface area (Å²) in [7, 11) is 0. The van der Waals surface area contributed by atoms with Gasteiger partial charge in [0.25, 0.3) is 0 Å². The molecule has 1 aliphatic heterocycles. The van der Waals surface area contributed by atoms with Crippen molar-refractivity contribution in [2.45, 2.75) is 39.2 Å². The molecule has 0 bridgehead atoms. The van der Waals surface area contributed by atoms with Crippen LogP contribution < -0.4 is 5.32 Å². The lowest BCUT2D eigenvalue weighted by Crippen LogP contribution is -2.27. The zero-order valence-corrected chi connectivity index (χ0v) is 10.6. The minimum absolute atomic E-state index is 0.256. The number of piperidine rings is 1. The Morgan fingerprint density at radius 2 is 2.12 bits per heavy atom. The third-order valence-corrected chi connectivity index (χ3v) is 3.79. The SMILES string of the molecule is Cc1cc(Cl)c(C)c(C2CCCCN2)c1O. The highest BCUT2D eigenvalue weighted by Gasteiger charge is 2.22. The lowest BCUT2D eigenvalue weighted by molar-refractivity contribution is 0.388. The number of phenols is 1. The third-order valence-electron chi connectivity index (χ3n) is 3.39. The lowest BCUT2D eigenvalue weighted by Gasteiger charge is -2.27. The zero-order chi connectivity index (χ0) is 11.7. The van der Waals surface area contributed by atoms with Crippen LogP contribution in [0.15, 0.2) is 6.07 Å². The van der Waals surface area contributed by atoms with Gasteiger partial charge in [-0.1, -0.05) is 18.0 Å². The molecule has 0 spiro atoms. The van der Waals surface area contributed by atoms with E-state index in [-0.39, 0.29) is 6.04 Å². The van der Waals surface area contributed by atoms with Crippen LogP contribution in [-0.4, -0.2) is 11.7 Å². The summed E-state index contributed by atoms with van der Waals surface area (Å²) >= 11 is 6.17. The molecule has 0 amide bonds. The summed E-state index contributed by atoms with van der Waals surface area (Å²) in [6, 6.07) is 2.09. The van der Waals surface area contributed by atoms with E-state index < -0.39 is 0 Å². The normalized spacial score (nSPS) is 21.1. The minimum atomic E-state index is 0.256. The predicted molar refractivity (Wildman–Crippen MR) is 67.2 cm³/mol. The Hall–Kier alpha value is -0.730. The summed E-state index contributed by atoms with van der Waals surface area (Å²) in [6.45, 7) is 4.90. The molecule has 1 unspecified atom stereocenters. The fourth-order valence-corrected chi connectivity index (χ4v) is 2.68. The average molecular weight is 240 g/mol. The van der Waals surface area contributed by atoms with Gasteiger partial charge in [0.15, 0.2) is 0 Å². The van der Waals surface area contributed by atoms with E-state index >= 15 is 0 Å². The van der Waals surface area contributed by atoms with Crippen molar-refractivity contribution in [2.75, 3.05) is 6.54 Å². The lowest BCUT2D eigenvalue weighted by atomic mass is 9.92. The van der Waals surface area contributed by atoms with Crippen LogP contribution in [-0.2, 0) is 0 Å². The molecule has 88 valence electrons. The Bertz CT molecular complexity index is 371. The van der Waals surface area contributed by atoms with Crippen molar-refractivity contribution in [1.82, 2.24) is 5.32 Å². The first-order valence-electron chi connectivity index (χ1n) is 5.83. The highest BCUT2D eigenvalue weighted by atomic mass is 35.5. The van der Waals surface area contributed by atoms with Gasteiger partial charge >= 0.3 is 0 Å². The van der Waals surface area contributed by atoms with Gasteiger partial charge in [-0.3, -0.25) is 0 Å². The highest BCUT2D eigenvalue weighted by molar-refractivity contribution is 6.31. The standard InChI is InChI=1S/C13H18ClNO/c1-8-7-10(14)9(2)12(13(8)16)11-5-3-4-6-15-11/h7,11,15-16H,3-6H2,1-2H3. The quantitative estimate of drug-likeness (QED) is 0.787. The molecule has 2 rings (SSSR count). The molecule has 1 aliphatic rings. The van der Waals surface area contributed by atoms with Gasteiger partial charge in [0, 0.05) is 16.6 Å². The van der Waals surface area contributed by atoms with Crippen molar-refractivity contribution in [3.8, 4) is 5.75 Å². The summed E-state index contributed by atoms with van der Waals surface area (Å²) in [5, 5.41) is 14.4. The molecule has 2 nitrogen and oxygen atoms in total. The molecule has 1 aromatic rings. The molecule has 0 aliphatic carbocycles. The molecule has 1 heterocycles. The third kappa shape index (κ3) is 2.04. The van der Waals surface area contributed by atoms with Crippen molar-refractivity contribution in [1.29, 1.82) is 0 Å². The molecule has 1 saturated heterocycles. The van der Waals surface area contributed by atoms with Gasteiger partial charge < -0.3 is 10.4 Å². The summed E-state index contributed by atoms with van der Waals surface area (Å²) in [6.07, 6.45) is 3.51. The monoisotopic (exact) mass is 239 g/mol. The number of nitrogens with one attached hydrogen (secondary N) is 1. The Kier molecular flexibility index (Phi) is 3.41. The Morgan fingerprint density at radius 3 is 2.75 bits per heavy atom. The van der Waals surface area contributed by atoms with E-state index in [1.807, 2.05) is 19.9 Å². The van der Waals surface area contributed by atoms with E-state index in [4.69, 9.17) is 11.6 Å². The fourth-order valence-electron chi connectivity index (χ4n) is 2.41. The van der Waals surface area contributed by atoms with Gasteiger partial charge in [-0.2, -0.15) is 0 Å². The maximum Gasteiger partial charge on any atom is 0.123 e. The number of aromatic hydroxyl groups is 1. The second kappa shape index (κ2) is 4.64. The Balaban J connectivity index is 2.45. The van der Waals surface area contributed by atoms with Crippen LogP contribution >= 0.6 is 11.6 Å². The first-order valence-corrected chi connectivity index (χ1v) is 6.21. The molecule has 1 fully saturated rings. The molecule has 1 aromatic carbocycles. The molecule has 3 heteroatoms. The number of halogens is 1. The van der Waals surface area contributed by atoms with Crippen LogP contribution in [0.3, 0.4) is 0 Å². The van der Waals surface area contributed by atoms with Gasteiger partial charge in [0.05, 0.1) is 0 Å². The fraction of sp³-hybridized carbons (Fsp3) is 0.538. The van der Waals surface area contributed by atoms with Crippen LogP contribution in [0.2, 0.25) is 5.02 Å². The van der Waals surface area contributed by atoms with E-state index in [1.54, 1.807) is 0 Å². The van der Waals surface area contributed by atoms with Crippen LogP contribution in [0.4, 0.5) is 0 Å². The topological polar surface area (TPSA) is 32.3 Å². The summed E-state index contributed by atoms with van der Waals surface area (Å²) in [4.78, 5) is 0. The smallest absolute Gasteiger partial charge is 0.123 e. The second-order valence-corrected chi connectivity index (χ2v) is 4.97. The number of hydrogen-bond acceptors (Lipinski definition) is 2. The first-order chi connectivity index (χ1) is 7.61. The molecular formula is C13H18ClNO. The average Bonchev–Trinajstić information content (AvgIpc) is 2.28. The number of rotatable bonds is 1. The first kappa shape index (κ1) is 11.7. The van der Waals surface area contributed by atoms with Crippen LogP contribution in [0.1, 0.15) is 42.0 Å². The summed E-state index contributed by atoms with van der Waals surface area (Å²) in [5.74, 6) is 0.404. The zero-order valence-electron chi connectivity index (χ0n) is 9.81. The van der Waals surface area contributed by atoms with Crippen molar-refractivity contribution >= 4 is 11.6 Å². The number of benzene rings is 1. The van der Waals surface area contributed by atoms with Gasteiger partial charge in [-0.15, -0.1) is 0 Å². The Labute approximate surface area is 102 Å². The van der Waals surface area contributed by atoms with Crippen molar-refractivity contribution in [3.63, 3.8) is 0 Å². The van der Waals surface area contributed by atoms with Gasteiger partial charge in [0.1, 0.15) is 5.75 Å². The van der Waals surface area contributed by atoms with Crippen molar-refractivity contribution in [2.24, 2.45) is 0 Å². The molecule has 2 N–H and O–H groups in total. The summed E-state index contributed by atoms with van der Waals surface area (Å²) < 4.78 is 0. The number of aryl methyl sites for hydroxylation is 1. The highest BCUT2D eigenvalue weighted by Crippen LogP contribution is 2.38. The molecule has 16 heavy (non-hydrogen) atoms. The van der Waals surface area contributed by atoms with Gasteiger partial charge in [0.2, 0.25) is 0 Å². The minimum Gasteiger partial charge on any atom is -0.507 e. The largest absolute Gasteiger partial charge is 0.507 e. The van der Waals surface area contributed by atoms with E-state index in [0.29, 0.717) is 5.75 Å².